The summed E-state index contributed by atoms with van der Waals surface area (Å²) in [7, 11) is 0. The molecule has 2 heterocycles. The van der Waals surface area contributed by atoms with Crippen LogP contribution in [0.15, 0.2) is 85.2 Å². The molecule has 140 valence electrons. The van der Waals surface area contributed by atoms with E-state index in [0.717, 1.165) is 16.5 Å². The summed E-state index contributed by atoms with van der Waals surface area (Å²) < 4.78 is 0. The number of dihydropyridines is 1. The van der Waals surface area contributed by atoms with Crippen molar-refractivity contribution in [3.05, 3.63) is 95.8 Å². The van der Waals surface area contributed by atoms with Crippen LogP contribution in [0.1, 0.15) is 5.56 Å². The number of anilines is 1. The molecule has 0 radical (unpaired) electrons. The summed E-state index contributed by atoms with van der Waals surface area (Å²) in [5.74, 6) is -0.210. The Bertz CT molecular complexity index is 1060. The van der Waals surface area contributed by atoms with Crippen molar-refractivity contribution >= 4 is 34.1 Å². The predicted octanol–water partition coefficient (Wildman–Crippen LogP) is 3.99. The van der Waals surface area contributed by atoms with E-state index in [1.807, 2.05) is 36.4 Å². The molecule has 0 spiro atoms. The van der Waals surface area contributed by atoms with E-state index >= 15 is 0 Å². The highest BCUT2D eigenvalue weighted by atomic mass is 35.5. The first-order valence-corrected chi connectivity index (χ1v) is 9.30. The smallest absolute Gasteiger partial charge is 0.269 e. The van der Waals surface area contributed by atoms with Gasteiger partial charge in [0.15, 0.2) is 5.66 Å². The van der Waals surface area contributed by atoms with Gasteiger partial charge in [0.2, 0.25) is 0 Å². The number of hydrogen-bond acceptors (Lipinski definition) is 4. The fraction of sp³-hybridized carbons (Fsp3) is 0.0909. The van der Waals surface area contributed by atoms with Crippen molar-refractivity contribution in [1.29, 1.82) is 0 Å². The van der Waals surface area contributed by atoms with Crippen LogP contribution in [0.25, 0.3) is 10.9 Å². The molecule has 6 heteroatoms. The third-order valence-electron chi connectivity index (χ3n) is 4.56. The minimum Gasteiger partial charge on any atom is -0.362 e. The molecular formula is C22H19ClN4O. The Labute approximate surface area is 168 Å². The molecule has 0 aliphatic carbocycles. The van der Waals surface area contributed by atoms with Gasteiger partial charge in [0, 0.05) is 28.8 Å². The van der Waals surface area contributed by atoms with Gasteiger partial charge in [-0.05, 0) is 66.4 Å². The Kier molecular flexibility index (Phi) is 5.10. The first-order valence-electron chi connectivity index (χ1n) is 8.92. The Balaban J connectivity index is 1.53. The third kappa shape index (κ3) is 3.91. The van der Waals surface area contributed by atoms with Crippen LogP contribution in [0.5, 0.6) is 0 Å². The average molecular weight is 391 g/mol. The molecule has 0 saturated heterocycles. The lowest BCUT2D eigenvalue weighted by Crippen LogP contribution is -2.61. The molecule has 2 aromatic carbocycles. The van der Waals surface area contributed by atoms with Gasteiger partial charge < -0.3 is 10.6 Å². The van der Waals surface area contributed by atoms with Gasteiger partial charge in [0.05, 0.1) is 5.52 Å². The number of carbonyl (C=O) groups is 1. The van der Waals surface area contributed by atoms with E-state index in [1.54, 1.807) is 42.7 Å². The largest absolute Gasteiger partial charge is 0.362 e. The zero-order valence-corrected chi connectivity index (χ0v) is 15.8. The fourth-order valence-corrected chi connectivity index (χ4v) is 3.18. The van der Waals surface area contributed by atoms with Crippen LogP contribution in [-0.2, 0) is 11.3 Å². The summed E-state index contributed by atoms with van der Waals surface area (Å²) in [4.78, 5) is 17.4. The topological polar surface area (TPSA) is 66.0 Å². The zero-order chi connectivity index (χ0) is 19.4. The first kappa shape index (κ1) is 18.2. The van der Waals surface area contributed by atoms with Crippen molar-refractivity contribution in [2.24, 2.45) is 0 Å². The molecule has 1 aliphatic heterocycles. The van der Waals surface area contributed by atoms with E-state index in [1.165, 1.54) is 0 Å². The molecule has 1 aromatic heterocycles. The van der Waals surface area contributed by atoms with Crippen molar-refractivity contribution in [2.45, 2.75) is 12.2 Å². The first-order chi connectivity index (χ1) is 13.6. The second-order valence-electron chi connectivity index (χ2n) is 6.52. The van der Waals surface area contributed by atoms with Gasteiger partial charge in [0.1, 0.15) is 0 Å². The van der Waals surface area contributed by atoms with Crippen molar-refractivity contribution in [1.82, 2.24) is 15.6 Å². The summed E-state index contributed by atoms with van der Waals surface area (Å²) in [5.41, 5.74) is 1.62. The van der Waals surface area contributed by atoms with E-state index in [2.05, 4.69) is 27.0 Å². The minimum absolute atomic E-state index is 0.210. The van der Waals surface area contributed by atoms with Crippen molar-refractivity contribution in [3.63, 3.8) is 0 Å². The van der Waals surface area contributed by atoms with E-state index in [4.69, 9.17) is 11.6 Å². The Hall–Kier alpha value is -3.15. The normalized spacial score (nSPS) is 18.0. The SMILES string of the molecule is O=C(Nc1ccc(Cl)cc1)C1(NCc2ccc3ncccc3c2)C=CC=CN1. The number of hydrogen-bond donors (Lipinski definition) is 3. The summed E-state index contributed by atoms with van der Waals surface area (Å²) in [6.45, 7) is 0.504. The van der Waals surface area contributed by atoms with Crippen LogP contribution in [0, 0.1) is 0 Å². The van der Waals surface area contributed by atoms with Crippen LogP contribution in [0.3, 0.4) is 0 Å². The van der Waals surface area contributed by atoms with E-state index in [-0.39, 0.29) is 5.91 Å². The van der Waals surface area contributed by atoms with Gasteiger partial charge in [-0.1, -0.05) is 29.8 Å². The number of halogens is 1. The molecular weight excluding hydrogens is 372 g/mol. The summed E-state index contributed by atoms with van der Waals surface area (Å²) in [6, 6.07) is 17.0. The van der Waals surface area contributed by atoms with Crippen LogP contribution in [0.4, 0.5) is 5.69 Å². The lowest BCUT2D eigenvalue weighted by Gasteiger charge is -2.32. The number of rotatable bonds is 5. The second kappa shape index (κ2) is 7.84. The number of benzene rings is 2. The number of nitrogens with one attached hydrogen (secondary N) is 3. The lowest BCUT2D eigenvalue weighted by atomic mass is 10.0. The van der Waals surface area contributed by atoms with Crippen LogP contribution >= 0.6 is 11.6 Å². The third-order valence-corrected chi connectivity index (χ3v) is 4.82. The van der Waals surface area contributed by atoms with Gasteiger partial charge >= 0.3 is 0 Å². The van der Waals surface area contributed by atoms with Crippen molar-refractivity contribution in [3.8, 4) is 0 Å². The molecule has 4 rings (SSSR count). The van der Waals surface area contributed by atoms with Crippen LogP contribution in [-0.4, -0.2) is 16.6 Å². The zero-order valence-electron chi connectivity index (χ0n) is 15.0. The molecule has 0 saturated carbocycles. The van der Waals surface area contributed by atoms with Crippen LogP contribution < -0.4 is 16.0 Å². The maximum atomic E-state index is 13.0. The lowest BCUT2D eigenvalue weighted by molar-refractivity contribution is -0.121. The monoisotopic (exact) mass is 390 g/mol. The summed E-state index contributed by atoms with van der Waals surface area (Å²) in [6.07, 6.45) is 9.02. The minimum atomic E-state index is -1.06. The Morgan fingerprint density at radius 3 is 2.75 bits per heavy atom. The molecule has 5 nitrogen and oxygen atoms in total. The fourth-order valence-electron chi connectivity index (χ4n) is 3.05. The molecule has 0 fully saturated rings. The van der Waals surface area contributed by atoms with Gasteiger partial charge in [-0.2, -0.15) is 0 Å². The Morgan fingerprint density at radius 2 is 1.96 bits per heavy atom. The van der Waals surface area contributed by atoms with E-state index in [0.29, 0.717) is 17.3 Å². The number of pyridine rings is 1. The van der Waals surface area contributed by atoms with E-state index < -0.39 is 5.66 Å². The summed E-state index contributed by atoms with van der Waals surface area (Å²) >= 11 is 5.92. The standard InChI is InChI=1S/C22H19ClN4O/c23-18-6-8-19(9-7-18)27-21(28)22(11-1-2-13-25-22)26-15-16-5-10-20-17(14-16)4-3-12-24-20/h1-14,25-26H,15H2,(H,27,28). The molecule has 1 atom stereocenters. The molecule has 1 aliphatic rings. The molecule has 1 amide bonds. The molecule has 1 unspecified atom stereocenters. The Morgan fingerprint density at radius 1 is 1.11 bits per heavy atom. The molecule has 3 N–H and O–H groups in total. The average Bonchev–Trinajstić information content (AvgIpc) is 2.74. The highest BCUT2D eigenvalue weighted by Gasteiger charge is 2.35. The number of amides is 1. The van der Waals surface area contributed by atoms with E-state index in [9.17, 15) is 4.79 Å². The highest BCUT2D eigenvalue weighted by Crippen LogP contribution is 2.18. The van der Waals surface area contributed by atoms with Gasteiger partial charge in [-0.25, -0.2) is 0 Å². The number of allylic oxidation sites excluding steroid dienone is 2. The predicted molar refractivity (Wildman–Crippen MR) is 113 cm³/mol. The van der Waals surface area contributed by atoms with Gasteiger partial charge in [-0.15, -0.1) is 0 Å². The maximum Gasteiger partial charge on any atom is 0.269 e. The maximum absolute atomic E-state index is 13.0. The number of aromatic nitrogens is 1. The van der Waals surface area contributed by atoms with Gasteiger partial charge in [-0.3, -0.25) is 15.1 Å². The molecule has 0 bridgehead atoms. The second-order valence-corrected chi connectivity index (χ2v) is 6.95. The number of nitrogens with zero attached hydrogens (tertiary/aromatic N) is 1. The van der Waals surface area contributed by atoms with Crippen molar-refractivity contribution < 1.29 is 4.79 Å². The number of fused-ring (bicyclic) bond motifs is 1. The van der Waals surface area contributed by atoms with Crippen molar-refractivity contribution in [2.75, 3.05) is 5.32 Å². The summed E-state index contributed by atoms with van der Waals surface area (Å²) in [5, 5.41) is 11.1. The molecule has 28 heavy (non-hydrogen) atoms. The number of carbonyl (C=O) groups excluding carboxylic acids is 1. The highest BCUT2D eigenvalue weighted by molar-refractivity contribution is 6.30. The molecule has 3 aromatic rings. The van der Waals surface area contributed by atoms with Crippen LogP contribution in [0.2, 0.25) is 5.02 Å². The quantitative estimate of drug-likeness (QED) is 0.616. The van der Waals surface area contributed by atoms with Gasteiger partial charge in [0.25, 0.3) is 5.91 Å².